The van der Waals surface area contributed by atoms with E-state index >= 15 is 0 Å². The van der Waals surface area contributed by atoms with Crippen molar-refractivity contribution in [3.63, 3.8) is 0 Å². The molecule has 0 unspecified atom stereocenters. The molecule has 0 amide bonds. The number of methoxy groups -OCH3 is 1. The summed E-state index contributed by atoms with van der Waals surface area (Å²) in [5, 5.41) is 0. The Kier molecular flexibility index (Phi) is 11.9. The quantitative estimate of drug-likeness (QED) is 0.707. The van der Waals surface area contributed by atoms with Crippen LogP contribution in [0.2, 0.25) is 0 Å². The number of nitrogens with two attached hydrogens (primary N) is 1. The molecule has 1 aliphatic heterocycles. The van der Waals surface area contributed by atoms with E-state index in [4.69, 9.17) is 10.5 Å². The Bertz CT molecular complexity index is 229. The maximum atomic E-state index is 5.47. The maximum absolute atomic E-state index is 5.47. The van der Waals surface area contributed by atoms with E-state index in [1.165, 1.54) is 19.4 Å². The lowest BCUT2D eigenvalue weighted by atomic mass is 10.2. The van der Waals surface area contributed by atoms with Gasteiger partial charge in [-0.25, -0.2) is 0 Å². The fourth-order valence-corrected chi connectivity index (χ4v) is 2.02. The highest BCUT2D eigenvalue weighted by Gasteiger charge is 2.23. The van der Waals surface area contributed by atoms with Crippen LogP contribution in [0.15, 0.2) is 37.5 Å². The molecule has 104 valence electrons. The molecule has 18 heavy (non-hydrogen) atoms. The molecule has 1 heterocycles. The summed E-state index contributed by atoms with van der Waals surface area (Å²) in [6.07, 6.45) is 10.8. The zero-order chi connectivity index (χ0) is 13.6. The second kappa shape index (κ2) is 12.6. The average molecular weight is 252 g/mol. The fourth-order valence-electron chi connectivity index (χ4n) is 2.02. The first-order valence-electron chi connectivity index (χ1n) is 6.63. The van der Waals surface area contributed by atoms with Gasteiger partial charge in [0.1, 0.15) is 0 Å². The summed E-state index contributed by atoms with van der Waals surface area (Å²) >= 11 is 0. The van der Waals surface area contributed by atoms with Crippen molar-refractivity contribution in [3.05, 3.63) is 37.5 Å². The van der Waals surface area contributed by atoms with Gasteiger partial charge < -0.3 is 10.5 Å². The van der Waals surface area contributed by atoms with Crippen molar-refractivity contribution in [2.45, 2.75) is 25.3 Å². The summed E-state index contributed by atoms with van der Waals surface area (Å²) in [5.74, 6) is 0. The van der Waals surface area contributed by atoms with Crippen molar-refractivity contribution in [2.24, 2.45) is 5.73 Å². The molecule has 1 atom stereocenters. The number of allylic oxidation sites excluding steroid dienone is 4. The van der Waals surface area contributed by atoms with Crippen molar-refractivity contribution < 1.29 is 4.74 Å². The highest BCUT2D eigenvalue weighted by molar-refractivity contribution is 5.05. The predicted octanol–water partition coefficient (Wildman–Crippen LogP) is 2.36. The van der Waals surface area contributed by atoms with E-state index in [-0.39, 0.29) is 0 Å². The van der Waals surface area contributed by atoms with Gasteiger partial charge in [-0.05, 0) is 38.9 Å². The van der Waals surface area contributed by atoms with Crippen LogP contribution in [0.5, 0.6) is 0 Å². The molecule has 3 nitrogen and oxygen atoms in total. The second-order valence-corrected chi connectivity index (χ2v) is 4.29. The van der Waals surface area contributed by atoms with Crippen LogP contribution in [0.1, 0.15) is 19.3 Å². The predicted molar refractivity (Wildman–Crippen MR) is 79.7 cm³/mol. The van der Waals surface area contributed by atoms with Gasteiger partial charge in [0.15, 0.2) is 0 Å². The van der Waals surface area contributed by atoms with Crippen LogP contribution in [0, 0.1) is 0 Å². The molecule has 0 bridgehead atoms. The minimum Gasteiger partial charge on any atom is -0.383 e. The van der Waals surface area contributed by atoms with Crippen LogP contribution >= 0.6 is 0 Å². The molecular weight excluding hydrogens is 224 g/mol. The number of rotatable bonds is 7. The summed E-state index contributed by atoms with van der Waals surface area (Å²) in [4.78, 5) is 2.50. The molecule has 2 N–H and O–H groups in total. The van der Waals surface area contributed by atoms with Crippen molar-refractivity contribution in [2.75, 3.05) is 33.4 Å². The highest BCUT2D eigenvalue weighted by atomic mass is 16.5. The van der Waals surface area contributed by atoms with Gasteiger partial charge in [-0.2, -0.15) is 0 Å². The Morgan fingerprint density at radius 3 is 2.50 bits per heavy atom. The summed E-state index contributed by atoms with van der Waals surface area (Å²) in [6.45, 7) is 11.0. The lowest BCUT2D eigenvalue weighted by Gasteiger charge is -2.23. The molecule has 1 rings (SSSR count). The topological polar surface area (TPSA) is 38.5 Å². The fraction of sp³-hybridized carbons (Fsp3) is 0.600. The Morgan fingerprint density at radius 2 is 2.00 bits per heavy atom. The van der Waals surface area contributed by atoms with Crippen LogP contribution in [-0.2, 0) is 4.74 Å². The number of hydrogen-bond donors (Lipinski definition) is 1. The van der Waals surface area contributed by atoms with Crippen LogP contribution in [0.3, 0.4) is 0 Å². The van der Waals surface area contributed by atoms with E-state index < -0.39 is 0 Å². The molecule has 3 heteroatoms. The van der Waals surface area contributed by atoms with Gasteiger partial charge in [0.05, 0.1) is 6.61 Å². The normalized spacial score (nSPS) is 19.6. The Hall–Kier alpha value is -0.900. The minimum atomic E-state index is 0.654. The lowest BCUT2D eigenvalue weighted by molar-refractivity contribution is 0.115. The Labute approximate surface area is 112 Å². The first kappa shape index (κ1) is 17.1. The molecule has 1 aliphatic rings. The van der Waals surface area contributed by atoms with Gasteiger partial charge in [0.25, 0.3) is 0 Å². The van der Waals surface area contributed by atoms with Crippen LogP contribution in [0.25, 0.3) is 0 Å². The van der Waals surface area contributed by atoms with Crippen molar-refractivity contribution >= 4 is 0 Å². The summed E-state index contributed by atoms with van der Waals surface area (Å²) in [7, 11) is 1.78. The van der Waals surface area contributed by atoms with E-state index in [2.05, 4.69) is 18.1 Å². The maximum Gasteiger partial charge on any atom is 0.0618 e. The minimum absolute atomic E-state index is 0.654. The van der Waals surface area contributed by atoms with E-state index in [1.54, 1.807) is 19.3 Å². The third-order valence-electron chi connectivity index (χ3n) is 2.89. The third kappa shape index (κ3) is 8.23. The Balaban J connectivity index is 0.000000411. The zero-order valence-corrected chi connectivity index (χ0v) is 11.7. The lowest BCUT2D eigenvalue weighted by Crippen LogP contribution is -2.34. The van der Waals surface area contributed by atoms with E-state index in [1.807, 2.05) is 12.2 Å². The van der Waals surface area contributed by atoms with Gasteiger partial charge in [0, 0.05) is 13.2 Å². The Morgan fingerprint density at radius 1 is 1.33 bits per heavy atom. The smallest absolute Gasteiger partial charge is 0.0618 e. The largest absolute Gasteiger partial charge is 0.383 e. The number of ether oxygens (including phenoxy) is 1. The van der Waals surface area contributed by atoms with Gasteiger partial charge in [-0.3, -0.25) is 4.90 Å². The van der Waals surface area contributed by atoms with Crippen LogP contribution in [-0.4, -0.2) is 44.3 Å². The van der Waals surface area contributed by atoms with Gasteiger partial charge in [-0.15, -0.1) is 0 Å². The van der Waals surface area contributed by atoms with Crippen molar-refractivity contribution in [3.8, 4) is 0 Å². The third-order valence-corrected chi connectivity index (χ3v) is 2.89. The van der Waals surface area contributed by atoms with Crippen molar-refractivity contribution in [1.29, 1.82) is 0 Å². The molecule has 0 aromatic rings. The van der Waals surface area contributed by atoms with Gasteiger partial charge in [-0.1, -0.05) is 37.5 Å². The van der Waals surface area contributed by atoms with E-state index in [0.29, 0.717) is 6.04 Å². The number of hydrogen-bond acceptors (Lipinski definition) is 3. The second-order valence-electron chi connectivity index (χ2n) is 4.29. The molecule has 1 saturated heterocycles. The standard InChI is InChI=1S/C9H20N2O.C6H8/c1-12-8-9-4-2-6-11(9)7-3-5-10;1-3-5-6-4-2/h9H,2-8,10H2,1H3;3-6H,1-2H2/b;6-5-/t9-;/m1./s1. The van der Waals surface area contributed by atoms with E-state index in [9.17, 15) is 0 Å². The summed E-state index contributed by atoms with van der Waals surface area (Å²) in [5.41, 5.74) is 5.47. The highest BCUT2D eigenvalue weighted by Crippen LogP contribution is 2.16. The molecule has 0 aliphatic carbocycles. The summed E-state index contributed by atoms with van der Waals surface area (Å²) < 4.78 is 5.16. The molecule has 0 aromatic carbocycles. The molecular formula is C15H28N2O. The average Bonchev–Trinajstić information content (AvgIpc) is 2.82. The molecule has 1 fully saturated rings. The first-order valence-corrected chi connectivity index (χ1v) is 6.63. The molecule has 0 aromatic heterocycles. The van der Waals surface area contributed by atoms with E-state index in [0.717, 1.165) is 26.1 Å². The molecule has 0 radical (unpaired) electrons. The number of likely N-dealkylation sites (tertiary alicyclic amines) is 1. The first-order chi connectivity index (χ1) is 8.79. The number of nitrogens with zero attached hydrogens (tertiary/aromatic N) is 1. The van der Waals surface area contributed by atoms with Gasteiger partial charge in [0.2, 0.25) is 0 Å². The SMILES string of the molecule is C=C/C=C\C=C.COC[C@H]1CCCN1CCCN. The van der Waals surface area contributed by atoms with Crippen molar-refractivity contribution in [1.82, 2.24) is 4.90 Å². The van der Waals surface area contributed by atoms with Crippen LogP contribution < -0.4 is 5.73 Å². The summed E-state index contributed by atoms with van der Waals surface area (Å²) in [6, 6.07) is 0.654. The zero-order valence-electron chi connectivity index (χ0n) is 11.7. The van der Waals surface area contributed by atoms with Gasteiger partial charge >= 0.3 is 0 Å². The molecule has 0 saturated carbocycles. The monoisotopic (exact) mass is 252 g/mol. The molecule has 0 spiro atoms. The van der Waals surface area contributed by atoms with Crippen LogP contribution in [0.4, 0.5) is 0 Å².